The molecule has 8 N–H and O–H groups in total. The molecule has 2 aromatic heterocycles. The Labute approximate surface area is 138 Å². The van der Waals surface area contributed by atoms with Gasteiger partial charge in [0.25, 0.3) is 0 Å². The summed E-state index contributed by atoms with van der Waals surface area (Å²) in [6.07, 6.45) is -4.87. The Morgan fingerprint density at radius 3 is 2.44 bits per heavy atom. The molecule has 0 radical (unpaired) electrons. The minimum atomic E-state index is -4.64. The lowest BCUT2D eigenvalue weighted by Gasteiger charge is -2.35. The molecule has 140 valence electrons. The van der Waals surface area contributed by atoms with E-state index in [2.05, 4.69) is 15.0 Å². The van der Waals surface area contributed by atoms with Crippen molar-refractivity contribution in [3.05, 3.63) is 12.4 Å². The van der Waals surface area contributed by atoms with Crippen LogP contribution in [-0.2, 0) is 9.30 Å². The second kappa shape index (κ2) is 7.23. The zero-order valence-corrected chi connectivity index (χ0v) is 13.2. The van der Waals surface area contributed by atoms with E-state index in [1.807, 2.05) is 0 Å². The van der Waals surface area contributed by atoms with Gasteiger partial charge < -0.3 is 40.5 Å². The van der Waals surface area contributed by atoms with Crippen LogP contribution in [0.25, 0.3) is 11.2 Å². The number of nitrogens with two attached hydrogens (primary N) is 1. The van der Waals surface area contributed by atoms with Crippen LogP contribution in [0.1, 0.15) is 6.23 Å². The molecule has 25 heavy (non-hydrogen) atoms. The van der Waals surface area contributed by atoms with Gasteiger partial charge in [-0.1, -0.05) is 0 Å². The molecule has 13 nitrogen and oxygen atoms in total. The number of ether oxygens (including phenoxy) is 1. The Bertz CT molecular complexity index is 791. The number of phosphoric acid groups is 1. The molecule has 0 saturated carbocycles. The van der Waals surface area contributed by atoms with Crippen LogP contribution in [0.5, 0.6) is 0 Å². The lowest BCUT2D eigenvalue weighted by molar-refractivity contribution is -0.210. The summed E-state index contributed by atoms with van der Waals surface area (Å²) in [4.78, 5) is 32.4. The highest BCUT2D eigenvalue weighted by Crippen LogP contribution is 2.28. The van der Waals surface area contributed by atoms with Crippen molar-refractivity contribution in [1.82, 2.24) is 19.5 Å². The van der Waals surface area contributed by atoms with Gasteiger partial charge in [-0.15, -0.1) is 0 Å². The first-order valence-electron chi connectivity index (χ1n) is 6.58. The van der Waals surface area contributed by atoms with Crippen molar-refractivity contribution < 1.29 is 43.7 Å². The van der Waals surface area contributed by atoms with Crippen LogP contribution in [0.15, 0.2) is 6.33 Å². The van der Waals surface area contributed by atoms with Gasteiger partial charge in [0.15, 0.2) is 23.2 Å². The Kier molecular flexibility index (Phi) is 5.65. The number of halogens is 1. The summed E-state index contributed by atoms with van der Waals surface area (Å²) in [7, 11) is -4.64. The Morgan fingerprint density at radius 1 is 1.24 bits per heavy atom. The van der Waals surface area contributed by atoms with Crippen molar-refractivity contribution in [3.8, 4) is 0 Å². The maximum atomic E-state index is 13.2. The predicted octanol–water partition coefficient (Wildman–Crippen LogP) is -2.77. The van der Waals surface area contributed by atoms with Gasteiger partial charge in [0.2, 0.25) is 0 Å². The standard InChI is InChI=1S/C10H12FN5O4.H3O4P/c11-10-14-7(12)4-8(15-10)16(2-13-4)9-6(19)5(18)3(17)1-20-9;1-5(2,3)4/h2-3,5-6,9,17-19H,1H2,(H2,12,14,15);(H3,1,2,3,4)/t3-,5-,6+,9-;/m1./s1. The highest BCUT2D eigenvalue weighted by atomic mass is 31.2. The fraction of sp³-hybridized carbons (Fsp3) is 0.500. The summed E-state index contributed by atoms with van der Waals surface area (Å²) < 4.78 is 28.6. The fourth-order valence-corrected chi connectivity index (χ4v) is 2.13. The lowest BCUT2D eigenvalue weighted by atomic mass is 10.0. The van der Waals surface area contributed by atoms with Crippen molar-refractivity contribution in [2.75, 3.05) is 12.3 Å². The fourth-order valence-electron chi connectivity index (χ4n) is 2.13. The summed E-state index contributed by atoms with van der Waals surface area (Å²) in [5.41, 5.74) is 5.71. The molecule has 1 aliphatic rings. The molecular formula is C10H15FN5O8P. The molecular weight excluding hydrogens is 368 g/mol. The van der Waals surface area contributed by atoms with Crippen molar-refractivity contribution in [2.45, 2.75) is 24.5 Å². The lowest BCUT2D eigenvalue weighted by Crippen LogP contribution is -2.50. The first-order valence-corrected chi connectivity index (χ1v) is 8.15. The van der Waals surface area contributed by atoms with E-state index < -0.39 is 38.4 Å². The highest BCUT2D eigenvalue weighted by Gasteiger charge is 2.39. The molecule has 0 spiro atoms. The van der Waals surface area contributed by atoms with Crippen molar-refractivity contribution in [2.24, 2.45) is 0 Å². The van der Waals surface area contributed by atoms with E-state index in [1.54, 1.807) is 0 Å². The molecule has 1 fully saturated rings. The largest absolute Gasteiger partial charge is 0.466 e. The number of fused-ring (bicyclic) bond motifs is 1. The molecule has 1 saturated heterocycles. The number of nitrogen functional groups attached to an aromatic ring is 1. The highest BCUT2D eigenvalue weighted by molar-refractivity contribution is 7.45. The number of hydrogen-bond acceptors (Lipinski definition) is 9. The number of hydrogen-bond donors (Lipinski definition) is 7. The molecule has 0 unspecified atom stereocenters. The molecule has 15 heteroatoms. The van der Waals surface area contributed by atoms with E-state index in [0.717, 1.165) is 0 Å². The molecule has 3 heterocycles. The quantitative estimate of drug-likeness (QED) is 0.197. The van der Waals surface area contributed by atoms with Gasteiger partial charge in [0.1, 0.15) is 18.3 Å². The van der Waals surface area contributed by atoms with Crippen molar-refractivity contribution in [3.63, 3.8) is 0 Å². The number of anilines is 1. The van der Waals surface area contributed by atoms with Gasteiger partial charge in [0.05, 0.1) is 12.9 Å². The number of aliphatic hydroxyl groups excluding tert-OH is 3. The summed E-state index contributed by atoms with van der Waals surface area (Å²) in [5.74, 6) is -0.142. The molecule has 4 atom stereocenters. The smallest absolute Gasteiger partial charge is 0.388 e. The first kappa shape index (κ1) is 19.6. The van der Waals surface area contributed by atoms with Crippen LogP contribution in [-0.4, -0.2) is 74.4 Å². The summed E-state index contributed by atoms with van der Waals surface area (Å²) in [5, 5.41) is 29.0. The molecule has 0 aromatic carbocycles. The number of imidazole rings is 1. The number of nitrogens with zero attached hydrogens (tertiary/aromatic N) is 4. The minimum Gasteiger partial charge on any atom is -0.388 e. The third kappa shape index (κ3) is 4.65. The zero-order chi connectivity index (χ0) is 18.9. The van der Waals surface area contributed by atoms with Crippen LogP contribution >= 0.6 is 7.82 Å². The van der Waals surface area contributed by atoms with E-state index in [1.165, 1.54) is 10.9 Å². The molecule has 0 bridgehead atoms. The van der Waals surface area contributed by atoms with E-state index in [4.69, 9.17) is 29.7 Å². The molecule has 3 rings (SSSR count). The molecule has 1 aliphatic heterocycles. The first-order chi connectivity index (χ1) is 11.5. The molecule has 2 aromatic rings. The van der Waals surface area contributed by atoms with Gasteiger partial charge >= 0.3 is 13.9 Å². The van der Waals surface area contributed by atoms with Crippen LogP contribution in [0.3, 0.4) is 0 Å². The van der Waals surface area contributed by atoms with Crippen molar-refractivity contribution >= 4 is 24.8 Å². The molecule has 0 amide bonds. The SMILES string of the molecule is Nc1nc(F)nc2c1ncn2[C@@H]1OC[C@@H](O)[C@@H](O)[C@@H]1O.O=P(O)(O)O. The van der Waals surface area contributed by atoms with Gasteiger partial charge in [-0.3, -0.25) is 4.57 Å². The summed E-state index contributed by atoms with van der Waals surface area (Å²) in [6.45, 7) is -0.189. The number of aliphatic hydroxyl groups is 3. The van der Waals surface area contributed by atoms with Crippen LogP contribution in [0, 0.1) is 6.08 Å². The molecule has 0 aliphatic carbocycles. The third-order valence-electron chi connectivity index (χ3n) is 3.17. The second-order valence-corrected chi connectivity index (χ2v) is 6.01. The number of aromatic nitrogens is 4. The van der Waals surface area contributed by atoms with Crippen LogP contribution < -0.4 is 5.73 Å². The predicted molar refractivity (Wildman–Crippen MR) is 77.0 cm³/mol. The van der Waals surface area contributed by atoms with Crippen molar-refractivity contribution in [1.29, 1.82) is 0 Å². The summed E-state index contributed by atoms with van der Waals surface area (Å²) >= 11 is 0. The summed E-state index contributed by atoms with van der Waals surface area (Å²) in [6, 6.07) is 0. The van der Waals surface area contributed by atoms with Gasteiger partial charge in [-0.2, -0.15) is 14.4 Å². The average Bonchev–Trinajstić information content (AvgIpc) is 2.87. The van der Waals surface area contributed by atoms with Gasteiger partial charge in [0, 0.05) is 0 Å². The normalized spacial score (nSPS) is 27.0. The van der Waals surface area contributed by atoms with Gasteiger partial charge in [-0.25, -0.2) is 9.55 Å². The second-order valence-electron chi connectivity index (χ2n) is 4.99. The average molecular weight is 383 g/mol. The third-order valence-corrected chi connectivity index (χ3v) is 3.17. The maximum absolute atomic E-state index is 13.2. The van der Waals surface area contributed by atoms with E-state index in [9.17, 15) is 19.7 Å². The minimum absolute atomic E-state index is 0.0302. The Balaban J connectivity index is 0.000000399. The topological polar surface area (TPSA) is 217 Å². The zero-order valence-electron chi connectivity index (χ0n) is 12.3. The van der Waals surface area contributed by atoms with E-state index in [-0.39, 0.29) is 23.6 Å². The Morgan fingerprint density at radius 2 is 1.84 bits per heavy atom. The maximum Gasteiger partial charge on any atom is 0.466 e. The van der Waals surface area contributed by atoms with E-state index in [0.29, 0.717) is 0 Å². The Hall–Kier alpha value is -1.77. The van der Waals surface area contributed by atoms with Crippen LogP contribution in [0.4, 0.5) is 10.2 Å². The number of rotatable bonds is 1. The van der Waals surface area contributed by atoms with Gasteiger partial charge in [-0.05, 0) is 0 Å². The monoisotopic (exact) mass is 383 g/mol. The van der Waals surface area contributed by atoms with Crippen LogP contribution in [0.2, 0.25) is 0 Å². The van der Waals surface area contributed by atoms with E-state index >= 15 is 0 Å².